The number of halogens is 5. The van der Waals surface area contributed by atoms with Crippen molar-refractivity contribution in [3.63, 3.8) is 0 Å². The van der Waals surface area contributed by atoms with E-state index in [9.17, 15) is 22.0 Å². The summed E-state index contributed by atoms with van der Waals surface area (Å²) in [6.45, 7) is -0.402. The molecule has 18 heavy (non-hydrogen) atoms. The highest BCUT2D eigenvalue weighted by atomic mass is 19.4. The summed E-state index contributed by atoms with van der Waals surface area (Å²) in [5.41, 5.74) is 1.69. The second-order valence-electron chi connectivity index (χ2n) is 4.53. The Balaban J connectivity index is 2.46. The van der Waals surface area contributed by atoms with Crippen molar-refractivity contribution in [3.05, 3.63) is 35.1 Å². The summed E-state index contributed by atoms with van der Waals surface area (Å²) in [5, 5.41) is 0. The van der Waals surface area contributed by atoms with Gasteiger partial charge in [-0.2, -0.15) is 13.2 Å². The van der Waals surface area contributed by atoms with Gasteiger partial charge in [0.25, 0.3) is 0 Å². The van der Waals surface area contributed by atoms with Crippen LogP contribution in [0.3, 0.4) is 0 Å². The molecule has 0 radical (unpaired) electrons. The fourth-order valence-corrected chi connectivity index (χ4v) is 2.06. The summed E-state index contributed by atoms with van der Waals surface area (Å²) in [4.78, 5) is 0. The Kier molecular flexibility index (Phi) is 3.09. The molecule has 1 aliphatic carbocycles. The number of rotatable bonds is 3. The molecule has 0 spiro atoms. The van der Waals surface area contributed by atoms with Crippen molar-refractivity contribution in [1.29, 1.82) is 0 Å². The summed E-state index contributed by atoms with van der Waals surface area (Å²) in [6, 6.07) is 2.21. The van der Waals surface area contributed by atoms with Crippen LogP contribution in [-0.2, 0) is 11.8 Å². The van der Waals surface area contributed by atoms with E-state index in [1.807, 2.05) is 0 Å². The molecule has 0 bridgehead atoms. The van der Waals surface area contributed by atoms with Crippen LogP contribution < -0.4 is 5.73 Å². The SMILES string of the molecule is NCC(F)(c1ccc(F)c(C(F)(F)F)c1)C1CC1. The lowest BCUT2D eigenvalue weighted by Crippen LogP contribution is -2.33. The summed E-state index contributed by atoms with van der Waals surface area (Å²) in [7, 11) is 0. The van der Waals surface area contributed by atoms with Gasteiger partial charge in [-0.3, -0.25) is 0 Å². The highest BCUT2D eigenvalue weighted by Crippen LogP contribution is 2.48. The highest BCUT2D eigenvalue weighted by Gasteiger charge is 2.47. The zero-order valence-electron chi connectivity index (χ0n) is 9.40. The van der Waals surface area contributed by atoms with E-state index in [1.165, 1.54) is 0 Å². The van der Waals surface area contributed by atoms with Crippen molar-refractivity contribution < 1.29 is 22.0 Å². The van der Waals surface area contributed by atoms with Gasteiger partial charge in [-0.25, -0.2) is 8.78 Å². The van der Waals surface area contributed by atoms with Gasteiger partial charge in [0.1, 0.15) is 5.82 Å². The van der Waals surface area contributed by atoms with Crippen LogP contribution in [0.25, 0.3) is 0 Å². The Morgan fingerprint density at radius 1 is 1.17 bits per heavy atom. The van der Waals surface area contributed by atoms with Crippen LogP contribution in [0, 0.1) is 11.7 Å². The highest BCUT2D eigenvalue weighted by molar-refractivity contribution is 5.33. The molecule has 0 aromatic heterocycles. The van der Waals surface area contributed by atoms with Crippen LogP contribution in [0.4, 0.5) is 22.0 Å². The standard InChI is InChI=1S/C12H12F5N/c13-10-4-3-8(5-9(10)12(15,16)17)11(14,6-18)7-1-2-7/h3-5,7H,1-2,6,18H2. The monoisotopic (exact) mass is 265 g/mol. The molecule has 100 valence electrons. The molecular weight excluding hydrogens is 253 g/mol. The second-order valence-corrected chi connectivity index (χ2v) is 4.53. The average Bonchev–Trinajstić information content (AvgIpc) is 3.11. The molecule has 1 unspecified atom stereocenters. The molecule has 6 heteroatoms. The molecule has 0 heterocycles. The van der Waals surface area contributed by atoms with Gasteiger partial charge < -0.3 is 5.73 Å². The first kappa shape index (κ1) is 13.3. The Bertz CT molecular complexity index is 452. The van der Waals surface area contributed by atoms with Crippen LogP contribution in [0.1, 0.15) is 24.0 Å². The maximum absolute atomic E-state index is 14.5. The van der Waals surface area contributed by atoms with E-state index in [0.717, 1.165) is 6.07 Å². The number of hydrogen-bond acceptors (Lipinski definition) is 1. The quantitative estimate of drug-likeness (QED) is 0.833. The third kappa shape index (κ3) is 2.21. The molecule has 1 saturated carbocycles. The lowest BCUT2D eigenvalue weighted by Gasteiger charge is -2.25. The normalized spacial score (nSPS) is 19.7. The first-order chi connectivity index (χ1) is 8.29. The zero-order chi connectivity index (χ0) is 13.6. The van der Waals surface area contributed by atoms with Gasteiger partial charge in [-0.05, 0) is 36.5 Å². The zero-order valence-corrected chi connectivity index (χ0v) is 9.40. The molecule has 0 saturated heterocycles. The summed E-state index contributed by atoms with van der Waals surface area (Å²) < 4.78 is 65.3. The van der Waals surface area contributed by atoms with Crippen LogP contribution in [0.15, 0.2) is 18.2 Å². The van der Waals surface area contributed by atoms with Crippen molar-refractivity contribution in [2.45, 2.75) is 24.7 Å². The molecule has 1 nitrogen and oxygen atoms in total. The van der Waals surface area contributed by atoms with Gasteiger partial charge >= 0.3 is 6.18 Å². The summed E-state index contributed by atoms with van der Waals surface area (Å²) in [5.74, 6) is -1.77. The van der Waals surface area contributed by atoms with Crippen LogP contribution in [-0.4, -0.2) is 6.54 Å². The lowest BCUT2D eigenvalue weighted by atomic mass is 9.89. The van der Waals surface area contributed by atoms with E-state index < -0.39 is 29.8 Å². The molecule has 0 aliphatic heterocycles. The number of hydrogen-bond donors (Lipinski definition) is 1. The molecular formula is C12H12F5N. The van der Waals surface area contributed by atoms with Crippen molar-refractivity contribution in [1.82, 2.24) is 0 Å². The smallest absolute Gasteiger partial charge is 0.327 e. The molecule has 1 fully saturated rings. The van der Waals surface area contributed by atoms with Gasteiger partial charge in [-0.15, -0.1) is 0 Å². The van der Waals surface area contributed by atoms with Crippen LogP contribution in [0.5, 0.6) is 0 Å². The van der Waals surface area contributed by atoms with Gasteiger partial charge in [0.2, 0.25) is 0 Å². The van der Waals surface area contributed by atoms with Gasteiger partial charge in [0.15, 0.2) is 5.67 Å². The van der Waals surface area contributed by atoms with Gasteiger partial charge in [0, 0.05) is 6.54 Å². The third-order valence-electron chi connectivity index (χ3n) is 3.27. The van der Waals surface area contributed by atoms with Crippen molar-refractivity contribution in [2.24, 2.45) is 11.7 Å². The number of benzene rings is 1. The largest absolute Gasteiger partial charge is 0.419 e. The third-order valence-corrected chi connectivity index (χ3v) is 3.27. The van der Waals surface area contributed by atoms with E-state index in [2.05, 4.69) is 0 Å². The minimum absolute atomic E-state index is 0.193. The molecule has 1 atom stereocenters. The maximum atomic E-state index is 14.5. The van der Waals surface area contributed by atoms with Gasteiger partial charge in [0.05, 0.1) is 5.56 Å². The number of alkyl halides is 4. The Labute approximate surface area is 101 Å². The molecule has 2 N–H and O–H groups in total. The Hall–Kier alpha value is -1.17. The molecule has 1 aromatic carbocycles. The fraction of sp³-hybridized carbons (Fsp3) is 0.500. The first-order valence-corrected chi connectivity index (χ1v) is 5.55. The van der Waals surface area contributed by atoms with Crippen molar-refractivity contribution >= 4 is 0 Å². The average molecular weight is 265 g/mol. The topological polar surface area (TPSA) is 26.0 Å². The van der Waals surface area contributed by atoms with Crippen molar-refractivity contribution in [3.8, 4) is 0 Å². The molecule has 2 rings (SSSR count). The van der Waals surface area contributed by atoms with E-state index in [0.29, 0.717) is 25.0 Å². The fourth-order valence-electron chi connectivity index (χ4n) is 2.06. The van der Waals surface area contributed by atoms with Crippen LogP contribution >= 0.6 is 0 Å². The first-order valence-electron chi connectivity index (χ1n) is 5.55. The number of nitrogens with two attached hydrogens (primary N) is 1. The maximum Gasteiger partial charge on any atom is 0.419 e. The van der Waals surface area contributed by atoms with E-state index in [1.54, 1.807) is 0 Å². The lowest BCUT2D eigenvalue weighted by molar-refractivity contribution is -0.140. The minimum Gasteiger partial charge on any atom is -0.327 e. The molecule has 1 aliphatic rings. The van der Waals surface area contributed by atoms with E-state index in [4.69, 9.17) is 5.73 Å². The Morgan fingerprint density at radius 2 is 1.78 bits per heavy atom. The second kappa shape index (κ2) is 4.19. The van der Waals surface area contributed by atoms with E-state index in [-0.39, 0.29) is 11.5 Å². The predicted octanol–water partition coefficient (Wildman–Crippen LogP) is 3.38. The Morgan fingerprint density at radius 3 is 2.22 bits per heavy atom. The van der Waals surface area contributed by atoms with E-state index >= 15 is 0 Å². The van der Waals surface area contributed by atoms with Crippen molar-refractivity contribution in [2.75, 3.05) is 6.54 Å². The molecule has 0 amide bonds. The predicted molar refractivity (Wildman–Crippen MR) is 56.0 cm³/mol. The van der Waals surface area contributed by atoms with Crippen LogP contribution in [0.2, 0.25) is 0 Å². The minimum atomic E-state index is -4.83. The molecule has 1 aromatic rings. The van der Waals surface area contributed by atoms with Gasteiger partial charge in [-0.1, -0.05) is 6.07 Å². The summed E-state index contributed by atoms with van der Waals surface area (Å²) >= 11 is 0. The summed E-state index contributed by atoms with van der Waals surface area (Å²) in [6.07, 6.45) is -3.65.